The highest BCUT2D eigenvalue weighted by atomic mass is 32.1. The highest BCUT2D eigenvalue weighted by molar-refractivity contribution is 7.08. The molecule has 0 spiro atoms. The molecule has 1 aromatic heterocycles. The molecular weight excluding hydrogens is 242 g/mol. The van der Waals surface area contributed by atoms with Crippen LogP contribution >= 0.6 is 11.3 Å². The fraction of sp³-hybridized carbons (Fsp3) is 0.133. The molecule has 0 radical (unpaired) electrons. The number of aryl methyl sites for hydroxylation is 1. The average Bonchev–Trinajstić information content (AvgIpc) is 2.90. The van der Waals surface area contributed by atoms with Gasteiger partial charge in [0.05, 0.1) is 0 Å². The lowest BCUT2D eigenvalue weighted by atomic mass is 10.0. The zero-order chi connectivity index (χ0) is 12.8. The molecule has 18 heavy (non-hydrogen) atoms. The van der Waals surface area contributed by atoms with Gasteiger partial charge in [0.15, 0.2) is 0 Å². The van der Waals surface area contributed by atoms with Gasteiger partial charge in [0.25, 0.3) is 0 Å². The predicted molar refractivity (Wildman–Crippen MR) is 77.3 cm³/mol. The number of oxime groups is 1. The summed E-state index contributed by atoms with van der Waals surface area (Å²) >= 11 is 1.65. The fourth-order valence-electron chi connectivity index (χ4n) is 1.54. The van der Waals surface area contributed by atoms with E-state index < -0.39 is 0 Å². The van der Waals surface area contributed by atoms with Gasteiger partial charge in [0.1, 0.15) is 12.3 Å². The summed E-state index contributed by atoms with van der Waals surface area (Å²) in [6, 6.07) is 10.3. The van der Waals surface area contributed by atoms with E-state index in [1.807, 2.05) is 11.4 Å². The molecule has 0 bridgehead atoms. The van der Waals surface area contributed by atoms with E-state index in [1.165, 1.54) is 5.56 Å². The van der Waals surface area contributed by atoms with Crippen LogP contribution in [-0.2, 0) is 4.84 Å². The molecule has 0 fully saturated rings. The van der Waals surface area contributed by atoms with Gasteiger partial charge < -0.3 is 4.84 Å². The third-order valence-corrected chi connectivity index (χ3v) is 3.15. The predicted octanol–water partition coefficient (Wildman–Crippen LogP) is 4.01. The summed E-state index contributed by atoms with van der Waals surface area (Å²) < 4.78 is 0. The largest absolute Gasteiger partial charge is 0.391 e. The van der Waals surface area contributed by atoms with Crippen LogP contribution in [0.15, 0.2) is 58.9 Å². The lowest BCUT2D eigenvalue weighted by Crippen LogP contribution is -2.03. The first-order chi connectivity index (χ1) is 8.81. The number of benzene rings is 1. The molecular formula is C15H15NOS. The van der Waals surface area contributed by atoms with Crippen molar-refractivity contribution >= 4 is 17.0 Å². The van der Waals surface area contributed by atoms with Crippen molar-refractivity contribution in [2.24, 2.45) is 5.16 Å². The van der Waals surface area contributed by atoms with Crippen LogP contribution in [0.5, 0.6) is 0 Å². The van der Waals surface area contributed by atoms with Crippen LogP contribution in [0.25, 0.3) is 0 Å². The van der Waals surface area contributed by atoms with Gasteiger partial charge in [0, 0.05) is 16.5 Å². The first kappa shape index (κ1) is 12.6. The fourth-order valence-corrected chi connectivity index (χ4v) is 2.18. The number of thiophene rings is 1. The molecule has 0 amide bonds. The molecule has 0 saturated carbocycles. The maximum atomic E-state index is 5.23. The molecule has 0 aliphatic rings. The molecule has 0 saturated heterocycles. The van der Waals surface area contributed by atoms with Crippen LogP contribution < -0.4 is 0 Å². The Kier molecular flexibility index (Phi) is 4.31. The van der Waals surface area contributed by atoms with Gasteiger partial charge in [-0.15, -0.1) is 0 Å². The van der Waals surface area contributed by atoms with E-state index >= 15 is 0 Å². The van der Waals surface area contributed by atoms with Gasteiger partial charge in [-0.3, -0.25) is 0 Å². The molecule has 0 aliphatic carbocycles. The van der Waals surface area contributed by atoms with Crippen molar-refractivity contribution in [2.75, 3.05) is 6.61 Å². The molecule has 0 atom stereocenters. The highest BCUT2D eigenvalue weighted by Crippen LogP contribution is 2.15. The standard InChI is InChI=1S/C15H15NOS/c1-3-9-17-16-15(14-8-10-18-11-14)13-6-4-12(2)5-7-13/h3-8,10-11H,1,9H2,2H3/b16-15-. The lowest BCUT2D eigenvalue weighted by molar-refractivity contribution is 0.175. The lowest BCUT2D eigenvalue weighted by Gasteiger charge is -2.05. The number of hydrogen-bond acceptors (Lipinski definition) is 3. The van der Waals surface area contributed by atoms with Crippen LogP contribution in [0.3, 0.4) is 0 Å². The summed E-state index contributed by atoms with van der Waals surface area (Å²) in [5, 5.41) is 8.31. The summed E-state index contributed by atoms with van der Waals surface area (Å²) in [4.78, 5) is 5.23. The van der Waals surface area contributed by atoms with Crippen LogP contribution in [0.4, 0.5) is 0 Å². The van der Waals surface area contributed by atoms with Gasteiger partial charge in [-0.05, 0) is 18.4 Å². The molecule has 0 unspecified atom stereocenters. The summed E-state index contributed by atoms with van der Waals surface area (Å²) in [6.07, 6.45) is 1.68. The number of hydrogen-bond donors (Lipinski definition) is 0. The molecule has 0 aliphatic heterocycles. The van der Waals surface area contributed by atoms with E-state index in [4.69, 9.17) is 4.84 Å². The van der Waals surface area contributed by atoms with Gasteiger partial charge in [0.2, 0.25) is 0 Å². The molecule has 3 heteroatoms. The van der Waals surface area contributed by atoms with Crippen molar-refractivity contribution in [1.82, 2.24) is 0 Å². The Hall–Kier alpha value is -1.87. The summed E-state index contributed by atoms with van der Waals surface area (Å²) in [5.41, 5.74) is 4.23. The van der Waals surface area contributed by atoms with Gasteiger partial charge in [-0.25, -0.2) is 0 Å². The smallest absolute Gasteiger partial charge is 0.135 e. The number of rotatable bonds is 5. The van der Waals surface area contributed by atoms with Gasteiger partial charge in [-0.1, -0.05) is 47.6 Å². The Morgan fingerprint density at radius 1 is 1.28 bits per heavy atom. The van der Waals surface area contributed by atoms with Crippen molar-refractivity contribution in [1.29, 1.82) is 0 Å². The van der Waals surface area contributed by atoms with Crippen molar-refractivity contribution in [3.8, 4) is 0 Å². The Bertz CT molecular complexity index is 526. The second kappa shape index (κ2) is 6.17. The Morgan fingerprint density at radius 3 is 2.67 bits per heavy atom. The topological polar surface area (TPSA) is 21.6 Å². The summed E-state index contributed by atoms with van der Waals surface area (Å²) in [7, 11) is 0. The summed E-state index contributed by atoms with van der Waals surface area (Å²) in [6.45, 7) is 6.10. The maximum Gasteiger partial charge on any atom is 0.135 e. The van der Waals surface area contributed by atoms with Crippen molar-refractivity contribution < 1.29 is 4.84 Å². The van der Waals surface area contributed by atoms with E-state index in [1.54, 1.807) is 17.4 Å². The van der Waals surface area contributed by atoms with E-state index in [0.29, 0.717) is 6.61 Å². The normalized spacial score (nSPS) is 11.3. The molecule has 0 N–H and O–H groups in total. The third kappa shape index (κ3) is 3.08. The summed E-state index contributed by atoms with van der Waals surface area (Å²) in [5.74, 6) is 0. The molecule has 1 aromatic carbocycles. The third-order valence-electron chi connectivity index (χ3n) is 2.47. The maximum absolute atomic E-state index is 5.23. The molecule has 2 rings (SSSR count). The second-order valence-electron chi connectivity index (χ2n) is 3.90. The first-order valence-electron chi connectivity index (χ1n) is 5.71. The van der Waals surface area contributed by atoms with E-state index in [-0.39, 0.29) is 0 Å². The Balaban J connectivity index is 2.33. The minimum Gasteiger partial charge on any atom is -0.391 e. The zero-order valence-electron chi connectivity index (χ0n) is 10.3. The second-order valence-corrected chi connectivity index (χ2v) is 4.68. The van der Waals surface area contributed by atoms with Crippen molar-refractivity contribution in [3.63, 3.8) is 0 Å². The monoisotopic (exact) mass is 257 g/mol. The molecule has 1 heterocycles. The van der Waals surface area contributed by atoms with Gasteiger partial charge in [-0.2, -0.15) is 11.3 Å². The van der Waals surface area contributed by atoms with Gasteiger partial charge >= 0.3 is 0 Å². The van der Waals surface area contributed by atoms with Crippen LogP contribution in [-0.4, -0.2) is 12.3 Å². The van der Waals surface area contributed by atoms with Crippen molar-refractivity contribution in [3.05, 3.63) is 70.4 Å². The quantitative estimate of drug-likeness (QED) is 0.343. The van der Waals surface area contributed by atoms with Crippen LogP contribution in [0.1, 0.15) is 16.7 Å². The Morgan fingerprint density at radius 2 is 2.06 bits per heavy atom. The van der Waals surface area contributed by atoms with Crippen molar-refractivity contribution in [2.45, 2.75) is 6.92 Å². The van der Waals surface area contributed by atoms with E-state index in [2.05, 4.69) is 48.3 Å². The first-order valence-corrected chi connectivity index (χ1v) is 6.66. The van der Waals surface area contributed by atoms with E-state index in [9.17, 15) is 0 Å². The number of nitrogens with zero attached hydrogens (tertiary/aromatic N) is 1. The highest BCUT2D eigenvalue weighted by Gasteiger charge is 2.08. The van der Waals surface area contributed by atoms with E-state index in [0.717, 1.165) is 16.8 Å². The van der Waals surface area contributed by atoms with Crippen LogP contribution in [0, 0.1) is 6.92 Å². The molecule has 92 valence electrons. The molecule has 2 aromatic rings. The SMILES string of the molecule is C=CCO/N=C(/c1ccc(C)cc1)c1ccsc1. The Labute approximate surface area is 111 Å². The van der Waals surface area contributed by atoms with Crippen LogP contribution in [0.2, 0.25) is 0 Å². The average molecular weight is 257 g/mol. The minimum atomic E-state index is 0.416. The zero-order valence-corrected chi connectivity index (χ0v) is 11.1. The molecule has 2 nitrogen and oxygen atoms in total. The minimum absolute atomic E-state index is 0.416.